The van der Waals surface area contributed by atoms with E-state index in [9.17, 15) is 0 Å². The maximum Gasteiger partial charge on any atom is 0.241 e. The van der Waals surface area contributed by atoms with Crippen molar-refractivity contribution in [1.82, 2.24) is 0 Å². The first-order chi connectivity index (χ1) is 8.46. The number of hydrogen-bond acceptors (Lipinski definition) is 1. The minimum absolute atomic E-state index is 1.09. The predicted molar refractivity (Wildman–Crippen MR) is 83.2 cm³/mol. The summed E-state index contributed by atoms with van der Waals surface area (Å²) in [5.74, 6) is 1.30. The van der Waals surface area contributed by atoms with Gasteiger partial charge in [-0.05, 0) is 50.9 Å². The van der Waals surface area contributed by atoms with Crippen LogP contribution in [0.1, 0.15) is 58.8 Å². The SMILES string of the molecule is CCCCC1=CC(CCCC)=C(O[Si](C)(C)C)C1. The van der Waals surface area contributed by atoms with Gasteiger partial charge in [0, 0.05) is 6.42 Å². The average molecular weight is 267 g/mol. The lowest BCUT2D eigenvalue weighted by atomic mass is 10.1. The van der Waals surface area contributed by atoms with Crippen molar-refractivity contribution >= 4 is 8.32 Å². The molecule has 0 aliphatic heterocycles. The molecule has 0 saturated heterocycles. The zero-order valence-electron chi connectivity index (χ0n) is 12.9. The van der Waals surface area contributed by atoms with Crippen LogP contribution in [0.3, 0.4) is 0 Å². The van der Waals surface area contributed by atoms with Gasteiger partial charge in [0.25, 0.3) is 0 Å². The molecule has 0 N–H and O–H groups in total. The zero-order chi connectivity index (χ0) is 13.6. The Hall–Kier alpha value is -0.503. The van der Waals surface area contributed by atoms with Crippen LogP contribution in [0.15, 0.2) is 23.0 Å². The smallest absolute Gasteiger partial charge is 0.241 e. The number of allylic oxidation sites excluding steroid dienone is 3. The summed E-state index contributed by atoms with van der Waals surface area (Å²) < 4.78 is 6.28. The van der Waals surface area contributed by atoms with Gasteiger partial charge in [-0.3, -0.25) is 0 Å². The molecule has 0 unspecified atom stereocenters. The Morgan fingerprint density at radius 2 is 1.67 bits per heavy atom. The Morgan fingerprint density at radius 3 is 2.22 bits per heavy atom. The van der Waals surface area contributed by atoms with Gasteiger partial charge in [0.15, 0.2) is 0 Å². The number of hydrogen-bond donors (Lipinski definition) is 0. The van der Waals surface area contributed by atoms with Crippen molar-refractivity contribution in [3.63, 3.8) is 0 Å². The lowest BCUT2D eigenvalue weighted by Gasteiger charge is -2.22. The van der Waals surface area contributed by atoms with Crippen LogP contribution in [-0.4, -0.2) is 8.32 Å². The minimum atomic E-state index is -1.46. The van der Waals surface area contributed by atoms with Crippen molar-refractivity contribution in [1.29, 1.82) is 0 Å². The fraction of sp³-hybridized carbons (Fsp3) is 0.750. The van der Waals surface area contributed by atoms with E-state index in [1.807, 2.05) is 0 Å². The molecule has 0 atom stereocenters. The summed E-state index contributed by atoms with van der Waals surface area (Å²) in [5, 5.41) is 0. The lowest BCUT2D eigenvalue weighted by molar-refractivity contribution is 0.404. The van der Waals surface area contributed by atoms with Crippen molar-refractivity contribution in [2.24, 2.45) is 0 Å². The summed E-state index contributed by atoms with van der Waals surface area (Å²) >= 11 is 0. The van der Waals surface area contributed by atoms with E-state index in [0.29, 0.717) is 0 Å². The predicted octanol–water partition coefficient (Wildman–Crippen LogP) is 5.80. The van der Waals surface area contributed by atoms with E-state index in [-0.39, 0.29) is 0 Å². The molecule has 0 spiro atoms. The fourth-order valence-corrected chi connectivity index (χ4v) is 3.25. The van der Waals surface area contributed by atoms with Crippen LogP contribution in [0.25, 0.3) is 0 Å². The monoisotopic (exact) mass is 266 g/mol. The second kappa shape index (κ2) is 7.18. The molecule has 0 aromatic heterocycles. The lowest BCUT2D eigenvalue weighted by Crippen LogP contribution is -2.25. The molecule has 2 heteroatoms. The third-order valence-electron chi connectivity index (χ3n) is 3.20. The first kappa shape index (κ1) is 15.6. The largest absolute Gasteiger partial charge is 0.547 e. The Morgan fingerprint density at radius 1 is 1.06 bits per heavy atom. The van der Waals surface area contributed by atoms with Crippen molar-refractivity contribution < 1.29 is 4.43 Å². The highest BCUT2D eigenvalue weighted by molar-refractivity contribution is 6.70. The third kappa shape index (κ3) is 5.43. The van der Waals surface area contributed by atoms with Gasteiger partial charge >= 0.3 is 0 Å². The second-order valence-electron chi connectivity index (χ2n) is 6.35. The third-order valence-corrected chi connectivity index (χ3v) is 4.06. The van der Waals surface area contributed by atoms with Crippen LogP contribution in [0, 0.1) is 0 Å². The van der Waals surface area contributed by atoms with Crippen LogP contribution in [-0.2, 0) is 4.43 Å². The molecular weight excluding hydrogens is 236 g/mol. The Kier molecular flexibility index (Phi) is 6.20. The summed E-state index contributed by atoms with van der Waals surface area (Å²) in [5.41, 5.74) is 3.08. The molecule has 0 fully saturated rings. The highest BCUT2D eigenvalue weighted by Crippen LogP contribution is 2.33. The van der Waals surface area contributed by atoms with Gasteiger partial charge in [-0.15, -0.1) is 0 Å². The molecule has 104 valence electrons. The second-order valence-corrected chi connectivity index (χ2v) is 10.8. The molecule has 0 aromatic carbocycles. The first-order valence-corrected chi connectivity index (χ1v) is 11.0. The van der Waals surface area contributed by atoms with Crippen molar-refractivity contribution in [2.75, 3.05) is 0 Å². The number of unbranched alkanes of at least 4 members (excludes halogenated alkanes) is 2. The summed E-state index contributed by atoms with van der Waals surface area (Å²) in [7, 11) is -1.46. The van der Waals surface area contributed by atoms with Crippen LogP contribution in [0.5, 0.6) is 0 Å². The zero-order valence-corrected chi connectivity index (χ0v) is 13.9. The van der Waals surface area contributed by atoms with Crippen LogP contribution in [0.4, 0.5) is 0 Å². The van der Waals surface area contributed by atoms with Gasteiger partial charge in [-0.1, -0.05) is 38.3 Å². The normalized spacial score (nSPS) is 16.2. The van der Waals surface area contributed by atoms with Crippen LogP contribution >= 0.6 is 0 Å². The van der Waals surface area contributed by atoms with E-state index < -0.39 is 8.32 Å². The first-order valence-electron chi connectivity index (χ1n) is 7.56. The standard InChI is InChI=1S/C16H30OSi/c1-6-8-10-14-12-15(11-9-7-2)16(13-14)17-18(3,4)5/h12H,6-11,13H2,1-5H3. The Labute approximate surface area is 114 Å². The van der Waals surface area contributed by atoms with Crippen molar-refractivity contribution in [3.8, 4) is 0 Å². The Bertz CT molecular complexity index is 320. The molecule has 1 rings (SSSR count). The van der Waals surface area contributed by atoms with Gasteiger partial charge < -0.3 is 4.43 Å². The maximum atomic E-state index is 6.28. The van der Waals surface area contributed by atoms with Crippen molar-refractivity contribution in [2.45, 2.75) is 78.4 Å². The molecule has 0 bridgehead atoms. The van der Waals surface area contributed by atoms with Gasteiger partial charge in [0.1, 0.15) is 0 Å². The highest BCUT2D eigenvalue weighted by Gasteiger charge is 2.23. The molecule has 1 aliphatic carbocycles. The fourth-order valence-electron chi connectivity index (χ4n) is 2.31. The highest BCUT2D eigenvalue weighted by atomic mass is 28.4. The number of rotatable bonds is 8. The minimum Gasteiger partial charge on any atom is -0.547 e. The molecule has 0 radical (unpaired) electrons. The topological polar surface area (TPSA) is 9.23 Å². The van der Waals surface area contributed by atoms with E-state index in [0.717, 1.165) is 6.42 Å². The van der Waals surface area contributed by atoms with E-state index in [1.165, 1.54) is 49.9 Å². The van der Waals surface area contributed by atoms with E-state index in [4.69, 9.17) is 4.43 Å². The van der Waals surface area contributed by atoms with Gasteiger partial charge in [0.2, 0.25) is 8.32 Å². The Balaban J connectivity index is 2.66. The molecule has 1 aliphatic rings. The van der Waals surface area contributed by atoms with Gasteiger partial charge in [-0.2, -0.15) is 0 Å². The van der Waals surface area contributed by atoms with Crippen LogP contribution in [0.2, 0.25) is 19.6 Å². The molecule has 0 saturated carbocycles. The van der Waals surface area contributed by atoms with E-state index in [1.54, 1.807) is 5.57 Å². The molecule has 1 nitrogen and oxygen atoms in total. The van der Waals surface area contributed by atoms with E-state index >= 15 is 0 Å². The summed E-state index contributed by atoms with van der Waals surface area (Å²) in [4.78, 5) is 0. The molecular formula is C16H30OSi. The maximum absolute atomic E-state index is 6.28. The van der Waals surface area contributed by atoms with Crippen LogP contribution < -0.4 is 0 Å². The molecule has 0 heterocycles. The van der Waals surface area contributed by atoms with Crippen molar-refractivity contribution in [3.05, 3.63) is 23.0 Å². The average Bonchev–Trinajstić information content (AvgIpc) is 2.63. The molecule has 0 amide bonds. The molecule has 18 heavy (non-hydrogen) atoms. The summed E-state index contributed by atoms with van der Waals surface area (Å²) in [6, 6.07) is 0. The molecule has 0 aromatic rings. The summed E-state index contributed by atoms with van der Waals surface area (Å²) in [6.07, 6.45) is 11.1. The van der Waals surface area contributed by atoms with E-state index in [2.05, 4.69) is 39.6 Å². The van der Waals surface area contributed by atoms with Gasteiger partial charge in [0.05, 0.1) is 5.76 Å². The van der Waals surface area contributed by atoms with Gasteiger partial charge in [-0.25, -0.2) is 0 Å². The summed E-state index contributed by atoms with van der Waals surface area (Å²) in [6.45, 7) is 11.4. The quantitative estimate of drug-likeness (QED) is 0.504.